The van der Waals surface area contributed by atoms with Crippen LogP contribution in [0.5, 0.6) is 0 Å². The quantitative estimate of drug-likeness (QED) is 0.0954. The van der Waals surface area contributed by atoms with E-state index in [-0.39, 0.29) is 17.1 Å². The van der Waals surface area contributed by atoms with E-state index in [0.29, 0.717) is 13.2 Å². The van der Waals surface area contributed by atoms with Crippen molar-refractivity contribution in [3.63, 3.8) is 0 Å². The molecule has 0 aliphatic rings. The molecule has 0 amide bonds. The SMILES string of the molecule is CCCCCCCCCCCCCCCCOC[C@@H](CO[Si](C)(C)C(C)(C)C)OC(C)=O. The van der Waals surface area contributed by atoms with Gasteiger partial charge >= 0.3 is 5.97 Å². The van der Waals surface area contributed by atoms with Gasteiger partial charge in [0.25, 0.3) is 0 Å². The molecule has 0 unspecified atom stereocenters. The summed E-state index contributed by atoms with van der Waals surface area (Å²) >= 11 is 0. The third-order valence-electron chi connectivity index (χ3n) is 6.71. The molecule has 5 heteroatoms. The molecular weight excluding hydrogens is 416 g/mol. The van der Waals surface area contributed by atoms with Crippen molar-refractivity contribution >= 4 is 14.3 Å². The highest BCUT2D eigenvalue weighted by atomic mass is 28.4. The summed E-state index contributed by atoms with van der Waals surface area (Å²) < 4.78 is 17.4. The van der Waals surface area contributed by atoms with Crippen LogP contribution in [0.3, 0.4) is 0 Å². The number of hydrogen-bond donors (Lipinski definition) is 0. The van der Waals surface area contributed by atoms with E-state index < -0.39 is 8.32 Å². The van der Waals surface area contributed by atoms with Gasteiger partial charge < -0.3 is 13.9 Å². The molecule has 0 saturated carbocycles. The van der Waals surface area contributed by atoms with E-state index in [0.717, 1.165) is 13.0 Å². The van der Waals surface area contributed by atoms with Crippen molar-refractivity contribution in [1.82, 2.24) is 0 Å². The molecule has 0 radical (unpaired) electrons. The average Bonchev–Trinajstić information content (AvgIpc) is 2.70. The Labute approximate surface area is 201 Å². The molecule has 32 heavy (non-hydrogen) atoms. The maximum Gasteiger partial charge on any atom is 0.303 e. The van der Waals surface area contributed by atoms with Crippen LogP contribution in [0.1, 0.15) is 125 Å². The molecule has 0 aromatic rings. The predicted molar refractivity (Wildman–Crippen MR) is 140 cm³/mol. The standard InChI is InChI=1S/C27H56O4Si/c1-8-9-10-11-12-13-14-15-16-17-18-19-20-21-22-29-23-26(31-25(2)28)24-30-32(6,7)27(3,4)5/h26H,8-24H2,1-7H3/t26-/m0/s1. The van der Waals surface area contributed by atoms with Crippen LogP contribution in [0.25, 0.3) is 0 Å². The maximum atomic E-state index is 11.4. The largest absolute Gasteiger partial charge is 0.458 e. The monoisotopic (exact) mass is 472 g/mol. The number of carbonyl (C=O) groups is 1. The molecule has 0 aromatic carbocycles. The average molecular weight is 473 g/mol. The fraction of sp³-hybridized carbons (Fsp3) is 0.963. The van der Waals surface area contributed by atoms with E-state index in [1.54, 1.807) is 0 Å². The van der Waals surface area contributed by atoms with Crippen molar-refractivity contribution < 1.29 is 18.7 Å². The van der Waals surface area contributed by atoms with Crippen molar-refractivity contribution in [2.75, 3.05) is 19.8 Å². The van der Waals surface area contributed by atoms with Crippen LogP contribution in [0, 0.1) is 0 Å². The van der Waals surface area contributed by atoms with Gasteiger partial charge in [-0.2, -0.15) is 0 Å². The summed E-state index contributed by atoms with van der Waals surface area (Å²) in [5, 5.41) is 0.142. The number of unbranched alkanes of at least 4 members (excludes halogenated alkanes) is 13. The van der Waals surface area contributed by atoms with E-state index in [9.17, 15) is 4.79 Å². The van der Waals surface area contributed by atoms with Crippen LogP contribution in [0.15, 0.2) is 0 Å². The third-order valence-corrected chi connectivity index (χ3v) is 11.2. The zero-order chi connectivity index (χ0) is 24.3. The molecule has 4 nitrogen and oxygen atoms in total. The first-order chi connectivity index (χ1) is 15.1. The van der Waals surface area contributed by atoms with Crippen LogP contribution in [-0.4, -0.2) is 40.2 Å². The van der Waals surface area contributed by atoms with Gasteiger partial charge in [-0.15, -0.1) is 0 Å². The minimum atomic E-state index is -1.86. The highest BCUT2D eigenvalue weighted by Gasteiger charge is 2.37. The van der Waals surface area contributed by atoms with Crippen LogP contribution < -0.4 is 0 Å². The molecule has 0 bridgehead atoms. The fourth-order valence-corrected chi connectivity index (χ4v) is 4.52. The Bertz CT molecular complexity index is 445. The maximum absolute atomic E-state index is 11.4. The topological polar surface area (TPSA) is 44.8 Å². The Kier molecular flexibility index (Phi) is 18.7. The summed E-state index contributed by atoms with van der Waals surface area (Å²) in [6.45, 7) is 16.4. The molecule has 0 saturated heterocycles. The Balaban J connectivity index is 3.68. The molecule has 192 valence electrons. The number of rotatable bonds is 21. The van der Waals surface area contributed by atoms with Gasteiger partial charge in [0.2, 0.25) is 0 Å². The van der Waals surface area contributed by atoms with Gasteiger partial charge in [-0.1, -0.05) is 111 Å². The second kappa shape index (κ2) is 19.0. The second-order valence-electron chi connectivity index (χ2n) is 11.0. The Morgan fingerprint density at radius 3 is 1.59 bits per heavy atom. The lowest BCUT2D eigenvalue weighted by molar-refractivity contribution is -0.151. The van der Waals surface area contributed by atoms with Crippen LogP contribution in [0.2, 0.25) is 18.1 Å². The van der Waals surface area contributed by atoms with Gasteiger partial charge in [0, 0.05) is 13.5 Å². The van der Waals surface area contributed by atoms with Crippen molar-refractivity contribution in [3.05, 3.63) is 0 Å². The smallest absolute Gasteiger partial charge is 0.303 e. The van der Waals surface area contributed by atoms with Gasteiger partial charge in [0.1, 0.15) is 6.10 Å². The van der Waals surface area contributed by atoms with Crippen LogP contribution in [0.4, 0.5) is 0 Å². The molecule has 0 aliphatic carbocycles. The Hall–Kier alpha value is -0.393. The molecule has 0 fully saturated rings. The molecule has 0 aliphatic heterocycles. The summed E-state index contributed by atoms with van der Waals surface area (Å²) in [6.07, 6.45) is 18.7. The minimum Gasteiger partial charge on any atom is -0.458 e. The molecule has 0 heterocycles. The van der Waals surface area contributed by atoms with Gasteiger partial charge in [-0.05, 0) is 24.6 Å². The Morgan fingerprint density at radius 2 is 1.19 bits per heavy atom. The molecule has 0 spiro atoms. The van der Waals surface area contributed by atoms with Crippen molar-refractivity contribution in [1.29, 1.82) is 0 Å². The van der Waals surface area contributed by atoms with Gasteiger partial charge in [-0.25, -0.2) is 0 Å². The summed E-state index contributed by atoms with van der Waals surface area (Å²) in [5.41, 5.74) is 0. The molecule has 0 rings (SSSR count). The number of hydrogen-bond acceptors (Lipinski definition) is 4. The first-order valence-corrected chi connectivity index (χ1v) is 16.4. The minimum absolute atomic E-state index is 0.142. The van der Waals surface area contributed by atoms with E-state index >= 15 is 0 Å². The number of carbonyl (C=O) groups excluding carboxylic acids is 1. The highest BCUT2D eigenvalue weighted by molar-refractivity contribution is 6.74. The number of esters is 1. The van der Waals surface area contributed by atoms with Gasteiger partial charge in [0.15, 0.2) is 8.32 Å². The first-order valence-electron chi connectivity index (χ1n) is 13.5. The summed E-state index contributed by atoms with van der Waals surface area (Å²) in [6, 6.07) is 0. The molecule has 1 atom stereocenters. The third kappa shape index (κ3) is 18.1. The van der Waals surface area contributed by atoms with E-state index in [2.05, 4.69) is 40.8 Å². The lowest BCUT2D eigenvalue weighted by atomic mass is 10.0. The molecule has 0 N–H and O–H groups in total. The molecule has 0 aromatic heterocycles. The zero-order valence-electron chi connectivity index (χ0n) is 22.7. The zero-order valence-corrected chi connectivity index (χ0v) is 23.7. The number of ether oxygens (including phenoxy) is 2. The highest BCUT2D eigenvalue weighted by Crippen LogP contribution is 2.36. The van der Waals surface area contributed by atoms with Crippen molar-refractivity contribution in [2.24, 2.45) is 0 Å². The van der Waals surface area contributed by atoms with Crippen LogP contribution in [-0.2, 0) is 18.7 Å². The lowest BCUT2D eigenvalue weighted by Gasteiger charge is -2.37. The van der Waals surface area contributed by atoms with Crippen molar-refractivity contribution in [3.8, 4) is 0 Å². The molecular formula is C27H56O4Si. The first kappa shape index (κ1) is 31.6. The lowest BCUT2D eigenvalue weighted by Crippen LogP contribution is -2.43. The van der Waals surface area contributed by atoms with Gasteiger partial charge in [-0.3, -0.25) is 4.79 Å². The Morgan fingerprint density at radius 1 is 0.750 bits per heavy atom. The fourth-order valence-electron chi connectivity index (χ4n) is 3.48. The summed E-state index contributed by atoms with van der Waals surface area (Å²) in [7, 11) is -1.86. The van der Waals surface area contributed by atoms with Crippen molar-refractivity contribution in [2.45, 2.75) is 149 Å². The second-order valence-corrected chi connectivity index (χ2v) is 15.8. The van der Waals surface area contributed by atoms with E-state index in [4.69, 9.17) is 13.9 Å². The summed E-state index contributed by atoms with van der Waals surface area (Å²) in [5.74, 6) is -0.270. The predicted octanol–water partition coefficient (Wildman–Crippen LogP) is 8.44. The van der Waals surface area contributed by atoms with E-state index in [1.165, 1.54) is 90.4 Å². The summed E-state index contributed by atoms with van der Waals surface area (Å²) in [4.78, 5) is 11.4. The van der Waals surface area contributed by atoms with Gasteiger partial charge in [0.05, 0.1) is 13.2 Å². The van der Waals surface area contributed by atoms with Crippen LogP contribution >= 0.6 is 0 Å². The normalized spacial score (nSPS) is 13.3. The van der Waals surface area contributed by atoms with E-state index in [1.807, 2.05) is 0 Å².